The van der Waals surface area contributed by atoms with E-state index in [-0.39, 0.29) is 24.6 Å². The van der Waals surface area contributed by atoms with E-state index in [1.165, 1.54) is 17.2 Å². The first kappa shape index (κ1) is 23.5. The quantitative estimate of drug-likeness (QED) is 0.646. The molecule has 0 aliphatic carbocycles. The molecule has 9 heteroatoms. The van der Waals surface area contributed by atoms with Gasteiger partial charge < -0.3 is 24.6 Å². The molecule has 8 nitrogen and oxygen atoms in total. The summed E-state index contributed by atoms with van der Waals surface area (Å²) >= 11 is 3.42. The number of β-amino-alcohol motifs (C(OH)–C–C–N with tert-alkyl or cyclic N) is 1. The first-order valence-corrected chi connectivity index (χ1v) is 11.9. The Hall–Kier alpha value is -2.65. The second-order valence-corrected chi connectivity index (χ2v) is 10.1. The summed E-state index contributed by atoms with van der Waals surface area (Å²) in [5.41, 5.74) is 0.771. The standard InChI is InChI=1S/C24H28BrN3O5/c1-14-8-15(2)12-27(11-14)23(31)18-9-16(25)5-6-19(18)26-22(30)20-10-17(29)13-28(20)24(32)21-4-3-7-33-21/h3-7,9,14-15,17,20,29H,8,10-13H2,1-2H3,(H,26,30)/t14-,15+,17-,20+/m1/s1. The Bertz CT molecular complexity index is 1030. The van der Waals surface area contributed by atoms with Gasteiger partial charge >= 0.3 is 0 Å². The van der Waals surface area contributed by atoms with Crippen molar-refractivity contribution in [3.05, 3.63) is 52.4 Å². The van der Waals surface area contributed by atoms with Crippen LogP contribution in [0.25, 0.3) is 0 Å². The average Bonchev–Trinajstić information content (AvgIpc) is 3.43. The van der Waals surface area contributed by atoms with Crippen LogP contribution in [0.2, 0.25) is 0 Å². The highest BCUT2D eigenvalue weighted by Crippen LogP contribution is 2.28. The maximum atomic E-state index is 13.4. The van der Waals surface area contributed by atoms with Crippen molar-refractivity contribution in [2.45, 2.75) is 38.8 Å². The summed E-state index contributed by atoms with van der Waals surface area (Å²) < 4.78 is 5.91. The number of likely N-dealkylation sites (tertiary alicyclic amines) is 2. The molecule has 176 valence electrons. The molecule has 0 spiro atoms. The fourth-order valence-corrected chi connectivity index (χ4v) is 5.21. The van der Waals surface area contributed by atoms with E-state index >= 15 is 0 Å². The van der Waals surface area contributed by atoms with Gasteiger partial charge in [-0.05, 0) is 48.6 Å². The zero-order chi connectivity index (χ0) is 23.7. The molecule has 2 aliphatic rings. The number of aliphatic hydroxyl groups excluding tert-OH is 1. The minimum atomic E-state index is -0.876. The first-order chi connectivity index (χ1) is 15.7. The van der Waals surface area contributed by atoms with E-state index in [9.17, 15) is 19.5 Å². The Balaban J connectivity index is 1.55. The summed E-state index contributed by atoms with van der Waals surface area (Å²) in [5, 5.41) is 13.0. The van der Waals surface area contributed by atoms with Crippen molar-refractivity contribution in [2.24, 2.45) is 11.8 Å². The number of nitrogens with one attached hydrogen (secondary N) is 1. The molecule has 2 saturated heterocycles. The number of hydrogen-bond acceptors (Lipinski definition) is 5. The van der Waals surface area contributed by atoms with Crippen molar-refractivity contribution in [3.8, 4) is 0 Å². The maximum Gasteiger partial charge on any atom is 0.290 e. The number of piperidine rings is 1. The topological polar surface area (TPSA) is 103 Å². The summed E-state index contributed by atoms with van der Waals surface area (Å²) in [7, 11) is 0. The third-order valence-electron chi connectivity index (χ3n) is 6.20. The van der Waals surface area contributed by atoms with Crippen LogP contribution >= 0.6 is 15.9 Å². The van der Waals surface area contributed by atoms with E-state index in [1.807, 2.05) is 4.90 Å². The molecule has 1 aromatic heterocycles. The number of anilines is 1. The molecule has 2 aliphatic heterocycles. The normalized spacial score (nSPS) is 25.2. The Labute approximate surface area is 201 Å². The lowest BCUT2D eigenvalue weighted by atomic mass is 9.91. The second-order valence-electron chi connectivity index (χ2n) is 9.18. The summed E-state index contributed by atoms with van der Waals surface area (Å²) in [6.07, 6.45) is 1.76. The Morgan fingerprint density at radius 2 is 1.79 bits per heavy atom. The van der Waals surface area contributed by atoms with Crippen LogP contribution in [-0.4, -0.2) is 64.4 Å². The monoisotopic (exact) mass is 517 g/mol. The molecule has 4 atom stereocenters. The number of furan rings is 1. The van der Waals surface area contributed by atoms with Crippen molar-refractivity contribution < 1.29 is 23.9 Å². The lowest BCUT2D eigenvalue weighted by Gasteiger charge is -2.35. The number of hydrogen-bond donors (Lipinski definition) is 2. The fourth-order valence-electron chi connectivity index (χ4n) is 4.85. The number of aliphatic hydroxyl groups is 1. The SMILES string of the molecule is C[C@@H]1C[C@H](C)CN(C(=O)c2cc(Br)ccc2NC(=O)[C@@H]2C[C@@H](O)CN2C(=O)c2ccco2)C1. The number of benzene rings is 1. The van der Waals surface area contributed by atoms with Gasteiger partial charge in [-0.25, -0.2) is 0 Å². The van der Waals surface area contributed by atoms with Gasteiger partial charge in [0.15, 0.2) is 5.76 Å². The second kappa shape index (κ2) is 9.69. The lowest BCUT2D eigenvalue weighted by molar-refractivity contribution is -0.119. The highest BCUT2D eigenvalue weighted by Gasteiger charge is 2.40. The third-order valence-corrected chi connectivity index (χ3v) is 6.69. The summed E-state index contributed by atoms with van der Waals surface area (Å²) in [5.74, 6) is -0.133. The predicted octanol–water partition coefficient (Wildman–Crippen LogP) is 3.37. The Morgan fingerprint density at radius 1 is 1.06 bits per heavy atom. The number of nitrogens with zero attached hydrogens (tertiary/aromatic N) is 2. The minimum Gasteiger partial charge on any atom is -0.459 e. The van der Waals surface area contributed by atoms with Gasteiger partial charge in [0, 0.05) is 30.5 Å². The molecule has 0 radical (unpaired) electrons. The number of rotatable bonds is 4. The van der Waals surface area contributed by atoms with E-state index < -0.39 is 24.0 Å². The highest BCUT2D eigenvalue weighted by atomic mass is 79.9. The van der Waals surface area contributed by atoms with Crippen molar-refractivity contribution >= 4 is 39.3 Å². The summed E-state index contributed by atoms with van der Waals surface area (Å²) in [6.45, 7) is 5.64. The van der Waals surface area contributed by atoms with Crippen LogP contribution in [0.15, 0.2) is 45.5 Å². The first-order valence-electron chi connectivity index (χ1n) is 11.1. The van der Waals surface area contributed by atoms with Crippen LogP contribution in [0.1, 0.15) is 47.6 Å². The molecular formula is C24H28BrN3O5. The number of carbonyl (C=O) groups is 3. The van der Waals surface area contributed by atoms with Gasteiger partial charge in [0.25, 0.3) is 11.8 Å². The van der Waals surface area contributed by atoms with Crippen molar-refractivity contribution in [1.82, 2.24) is 9.80 Å². The number of carbonyl (C=O) groups excluding carboxylic acids is 3. The van der Waals surface area contributed by atoms with Crippen molar-refractivity contribution in [2.75, 3.05) is 25.0 Å². The van der Waals surface area contributed by atoms with Crippen LogP contribution in [-0.2, 0) is 4.79 Å². The van der Waals surface area contributed by atoms with Crippen LogP contribution in [0.4, 0.5) is 5.69 Å². The smallest absolute Gasteiger partial charge is 0.290 e. The average molecular weight is 518 g/mol. The van der Waals surface area contributed by atoms with Crippen LogP contribution in [0.5, 0.6) is 0 Å². The molecule has 3 amide bonds. The van der Waals surface area contributed by atoms with E-state index in [1.54, 1.807) is 24.3 Å². The summed E-state index contributed by atoms with van der Waals surface area (Å²) in [6, 6.07) is 7.38. The molecule has 2 fully saturated rings. The minimum absolute atomic E-state index is 0.0350. The zero-order valence-electron chi connectivity index (χ0n) is 18.7. The van der Waals surface area contributed by atoms with Crippen LogP contribution < -0.4 is 5.32 Å². The van der Waals surface area contributed by atoms with Gasteiger partial charge in [-0.15, -0.1) is 0 Å². The van der Waals surface area contributed by atoms with E-state index in [2.05, 4.69) is 35.1 Å². The largest absolute Gasteiger partial charge is 0.459 e. The maximum absolute atomic E-state index is 13.4. The molecule has 1 aromatic carbocycles. The van der Waals surface area contributed by atoms with Gasteiger partial charge in [-0.1, -0.05) is 29.8 Å². The van der Waals surface area contributed by atoms with Gasteiger partial charge in [-0.2, -0.15) is 0 Å². The lowest BCUT2D eigenvalue weighted by Crippen LogP contribution is -2.44. The van der Waals surface area contributed by atoms with Crippen LogP contribution in [0, 0.1) is 11.8 Å². The van der Waals surface area contributed by atoms with Crippen molar-refractivity contribution in [1.29, 1.82) is 0 Å². The summed E-state index contributed by atoms with van der Waals surface area (Å²) in [4.78, 5) is 42.5. The Kier molecular flexibility index (Phi) is 6.90. The van der Waals surface area contributed by atoms with Gasteiger partial charge in [0.2, 0.25) is 5.91 Å². The van der Waals surface area contributed by atoms with Crippen molar-refractivity contribution in [3.63, 3.8) is 0 Å². The molecule has 4 rings (SSSR count). The van der Waals surface area contributed by atoms with Crippen LogP contribution in [0.3, 0.4) is 0 Å². The van der Waals surface area contributed by atoms with E-state index in [0.29, 0.717) is 36.2 Å². The molecule has 3 heterocycles. The molecule has 0 bridgehead atoms. The third kappa shape index (κ3) is 5.14. The van der Waals surface area contributed by atoms with Gasteiger partial charge in [0.1, 0.15) is 6.04 Å². The van der Waals surface area contributed by atoms with Gasteiger partial charge in [-0.3, -0.25) is 14.4 Å². The van der Waals surface area contributed by atoms with E-state index in [0.717, 1.165) is 10.9 Å². The Morgan fingerprint density at radius 3 is 2.45 bits per heavy atom. The molecule has 2 aromatic rings. The molecule has 0 unspecified atom stereocenters. The molecule has 2 N–H and O–H groups in total. The number of amides is 3. The molecular weight excluding hydrogens is 490 g/mol. The van der Waals surface area contributed by atoms with E-state index in [4.69, 9.17) is 4.42 Å². The number of halogens is 1. The van der Waals surface area contributed by atoms with Gasteiger partial charge in [0.05, 0.1) is 23.6 Å². The highest BCUT2D eigenvalue weighted by molar-refractivity contribution is 9.10. The predicted molar refractivity (Wildman–Crippen MR) is 126 cm³/mol. The zero-order valence-corrected chi connectivity index (χ0v) is 20.2. The molecule has 0 saturated carbocycles. The fraction of sp³-hybridized carbons (Fsp3) is 0.458. The molecule has 33 heavy (non-hydrogen) atoms.